The third-order valence-corrected chi connectivity index (χ3v) is 6.79. The number of nitrogens with one attached hydrogen (secondary N) is 1. The van der Waals surface area contributed by atoms with E-state index in [2.05, 4.69) is 36.6 Å². The van der Waals surface area contributed by atoms with Crippen LogP contribution in [-0.4, -0.2) is 35.4 Å². The van der Waals surface area contributed by atoms with Gasteiger partial charge in [-0.05, 0) is 47.0 Å². The van der Waals surface area contributed by atoms with Crippen molar-refractivity contribution in [2.45, 2.75) is 18.2 Å². The van der Waals surface area contributed by atoms with Crippen LogP contribution in [0.3, 0.4) is 0 Å². The van der Waals surface area contributed by atoms with E-state index in [4.69, 9.17) is 0 Å². The van der Waals surface area contributed by atoms with Crippen molar-refractivity contribution in [3.63, 3.8) is 0 Å². The van der Waals surface area contributed by atoms with Crippen molar-refractivity contribution >= 4 is 51.7 Å². The van der Waals surface area contributed by atoms with Crippen LogP contribution in [-0.2, 0) is 19.9 Å². The summed E-state index contributed by atoms with van der Waals surface area (Å²) in [7, 11) is -6.75. The fourth-order valence-electron chi connectivity index (χ4n) is 1.45. The highest BCUT2D eigenvalue weighted by molar-refractivity contribution is 9.11. The average molecular weight is 449 g/mol. The molecule has 9 heteroatoms. The largest absolute Gasteiger partial charge is 0.241 e. The molecule has 114 valence electrons. The molecule has 0 unspecified atom stereocenters. The molecule has 1 N–H and O–H groups in total. The number of sulfonamides is 1. The van der Waals surface area contributed by atoms with Crippen molar-refractivity contribution in [2.24, 2.45) is 0 Å². The zero-order valence-corrected chi connectivity index (χ0v) is 15.8. The van der Waals surface area contributed by atoms with Gasteiger partial charge in [0.15, 0.2) is 0 Å². The first-order valence-electron chi connectivity index (χ1n) is 5.66. The Hall–Kier alpha value is 0.0400. The maximum absolute atomic E-state index is 12.1. The summed E-state index contributed by atoms with van der Waals surface area (Å²) in [6, 6.07) is 3.22. The molecule has 0 aliphatic heterocycles. The molecule has 0 radical (unpaired) electrons. The zero-order valence-electron chi connectivity index (χ0n) is 11.0. The molecule has 0 heterocycles. The van der Waals surface area contributed by atoms with E-state index in [0.29, 0.717) is 8.95 Å². The van der Waals surface area contributed by atoms with Gasteiger partial charge < -0.3 is 0 Å². The highest BCUT2D eigenvalue weighted by atomic mass is 79.9. The fraction of sp³-hybridized carbons (Fsp3) is 0.455. The molecule has 0 aliphatic carbocycles. The number of sulfone groups is 1. The number of hydrogen-bond donors (Lipinski definition) is 1. The minimum Gasteiger partial charge on any atom is -0.229 e. The van der Waals surface area contributed by atoms with Crippen LogP contribution in [0.1, 0.15) is 12.0 Å². The predicted octanol–water partition coefficient (Wildman–Crippen LogP) is 2.23. The molecule has 0 amide bonds. The van der Waals surface area contributed by atoms with Gasteiger partial charge in [0.25, 0.3) is 0 Å². The van der Waals surface area contributed by atoms with E-state index in [1.807, 2.05) is 6.92 Å². The first-order valence-corrected chi connectivity index (χ1v) is 10.8. The molecule has 0 spiro atoms. The highest BCUT2D eigenvalue weighted by Crippen LogP contribution is 2.28. The van der Waals surface area contributed by atoms with Crippen LogP contribution in [0.25, 0.3) is 0 Å². The van der Waals surface area contributed by atoms with E-state index < -0.39 is 19.9 Å². The normalized spacial score (nSPS) is 12.6. The second-order valence-electron chi connectivity index (χ2n) is 4.41. The molecule has 0 saturated carbocycles. The molecule has 0 saturated heterocycles. The molecular weight excluding hydrogens is 434 g/mol. The summed E-state index contributed by atoms with van der Waals surface area (Å²) in [5.41, 5.74) is 0.910. The minimum atomic E-state index is -3.67. The lowest BCUT2D eigenvalue weighted by Gasteiger charge is -2.10. The third kappa shape index (κ3) is 5.44. The Morgan fingerprint density at radius 1 is 1.10 bits per heavy atom. The minimum absolute atomic E-state index is 0.0473. The molecule has 1 rings (SSSR count). The number of benzene rings is 1. The summed E-state index contributed by atoms with van der Waals surface area (Å²) in [6.45, 7) is 1.93. The Kier molecular flexibility index (Phi) is 6.21. The molecule has 0 atom stereocenters. The fourth-order valence-corrected chi connectivity index (χ4v) is 4.87. The van der Waals surface area contributed by atoms with Crippen LogP contribution >= 0.6 is 31.9 Å². The van der Waals surface area contributed by atoms with Crippen molar-refractivity contribution in [2.75, 3.05) is 18.6 Å². The SMILES string of the molecule is Cc1cc(Br)c(S(=O)(=O)NCCCS(C)(=O)=O)cc1Br. The van der Waals surface area contributed by atoms with Gasteiger partial charge in [-0.25, -0.2) is 21.6 Å². The summed E-state index contributed by atoms with van der Waals surface area (Å²) >= 11 is 6.51. The molecule has 1 aromatic carbocycles. The van der Waals surface area contributed by atoms with Gasteiger partial charge >= 0.3 is 0 Å². The second kappa shape index (κ2) is 6.87. The molecule has 0 fully saturated rings. The van der Waals surface area contributed by atoms with Crippen molar-refractivity contribution in [1.29, 1.82) is 0 Å². The molecule has 0 aromatic heterocycles. The van der Waals surface area contributed by atoms with Crippen molar-refractivity contribution in [3.8, 4) is 0 Å². The van der Waals surface area contributed by atoms with Crippen LogP contribution in [0.4, 0.5) is 0 Å². The zero-order chi connectivity index (χ0) is 15.6. The second-order valence-corrected chi connectivity index (χ2v) is 10.1. The van der Waals surface area contributed by atoms with Crippen molar-refractivity contribution in [1.82, 2.24) is 4.72 Å². The lowest BCUT2D eigenvalue weighted by molar-refractivity contribution is 0.577. The van der Waals surface area contributed by atoms with Gasteiger partial charge in [-0.15, -0.1) is 0 Å². The topological polar surface area (TPSA) is 80.3 Å². The van der Waals surface area contributed by atoms with Crippen molar-refractivity contribution in [3.05, 3.63) is 26.6 Å². The molecule has 5 nitrogen and oxygen atoms in total. The van der Waals surface area contributed by atoms with Gasteiger partial charge in [0, 0.05) is 21.7 Å². The van der Waals surface area contributed by atoms with E-state index in [1.165, 1.54) is 6.07 Å². The summed E-state index contributed by atoms with van der Waals surface area (Å²) < 4.78 is 49.8. The van der Waals surface area contributed by atoms with Crippen LogP contribution in [0, 0.1) is 6.92 Å². The van der Waals surface area contributed by atoms with Gasteiger partial charge in [0.1, 0.15) is 9.84 Å². The first-order chi connectivity index (χ1) is 9.03. The molecule has 1 aromatic rings. The quantitative estimate of drug-likeness (QED) is 0.676. The van der Waals surface area contributed by atoms with E-state index in [1.54, 1.807) is 6.07 Å². The standard InChI is InChI=1S/C11H15Br2NO4S2/c1-8-6-10(13)11(7-9(8)12)20(17,18)14-4-3-5-19(2,15)16/h6-7,14H,3-5H2,1-2H3. The summed E-state index contributed by atoms with van der Waals surface area (Å²) in [5, 5.41) is 0. The lowest BCUT2D eigenvalue weighted by Crippen LogP contribution is -2.26. The maximum Gasteiger partial charge on any atom is 0.241 e. The summed E-state index contributed by atoms with van der Waals surface area (Å²) in [4.78, 5) is 0.120. The predicted molar refractivity (Wildman–Crippen MR) is 86.1 cm³/mol. The number of hydrogen-bond acceptors (Lipinski definition) is 4. The Labute approximate surface area is 136 Å². The van der Waals surface area contributed by atoms with Crippen LogP contribution in [0.5, 0.6) is 0 Å². The average Bonchev–Trinajstić information content (AvgIpc) is 2.28. The van der Waals surface area contributed by atoms with Crippen LogP contribution < -0.4 is 4.72 Å². The van der Waals surface area contributed by atoms with E-state index in [-0.39, 0.29) is 23.6 Å². The van der Waals surface area contributed by atoms with Gasteiger partial charge in [-0.2, -0.15) is 0 Å². The first kappa shape index (κ1) is 18.1. The molecular formula is C11H15Br2NO4S2. The monoisotopic (exact) mass is 447 g/mol. The highest BCUT2D eigenvalue weighted by Gasteiger charge is 2.18. The van der Waals surface area contributed by atoms with Crippen LogP contribution in [0.15, 0.2) is 26.0 Å². The van der Waals surface area contributed by atoms with Gasteiger partial charge in [-0.3, -0.25) is 0 Å². The smallest absolute Gasteiger partial charge is 0.229 e. The van der Waals surface area contributed by atoms with Gasteiger partial charge in [0.2, 0.25) is 10.0 Å². The Balaban J connectivity index is 2.82. The molecule has 0 bridgehead atoms. The van der Waals surface area contributed by atoms with E-state index in [9.17, 15) is 16.8 Å². The molecule has 0 aliphatic rings. The maximum atomic E-state index is 12.1. The number of halogens is 2. The van der Waals surface area contributed by atoms with Crippen molar-refractivity contribution < 1.29 is 16.8 Å². The van der Waals surface area contributed by atoms with E-state index >= 15 is 0 Å². The Morgan fingerprint density at radius 2 is 1.70 bits per heavy atom. The third-order valence-electron chi connectivity index (χ3n) is 2.49. The lowest BCUT2D eigenvalue weighted by atomic mass is 10.2. The summed E-state index contributed by atoms with van der Waals surface area (Å²) in [6.07, 6.45) is 1.36. The van der Waals surface area contributed by atoms with Gasteiger partial charge in [-0.1, -0.05) is 15.9 Å². The number of rotatable bonds is 6. The van der Waals surface area contributed by atoms with Gasteiger partial charge in [0.05, 0.1) is 10.6 Å². The Bertz CT molecular complexity index is 699. The summed E-state index contributed by atoms with van der Waals surface area (Å²) in [5.74, 6) is -0.0473. The molecule has 20 heavy (non-hydrogen) atoms. The number of aryl methyl sites for hydroxylation is 1. The van der Waals surface area contributed by atoms with E-state index in [0.717, 1.165) is 11.8 Å². The Morgan fingerprint density at radius 3 is 2.25 bits per heavy atom. The van der Waals surface area contributed by atoms with Crippen LogP contribution in [0.2, 0.25) is 0 Å².